The van der Waals surface area contributed by atoms with E-state index in [0.29, 0.717) is 65.7 Å². The average Bonchev–Trinajstić information content (AvgIpc) is 3.50. The Kier molecular flexibility index (Phi) is 8.39. The quantitative estimate of drug-likeness (QED) is 0.224. The van der Waals surface area contributed by atoms with Gasteiger partial charge in [0, 0.05) is 36.1 Å². The number of rotatable bonds is 11. The molecule has 5 rings (SSSR count). The molecule has 3 N–H and O–H groups in total. The molecule has 3 heterocycles. The number of likely N-dealkylation sites (tertiary alicyclic amines) is 1. The number of hydrogen-bond acceptors (Lipinski definition) is 7. The number of aromatic amines is 1. The zero-order valence-electron chi connectivity index (χ0n) is 24.1. The van der Waals surface area contributed by atoms with Crippen LogP contribution in [0.25, 0.3) is 10.9 Å². The van der Waals surface area contributed by atoms with Crippen LogP contribution in [0.4, 0.5) is 5.82 Å². The Bertz CT molecular complexity index is 1630. The van der Waals surface area contributed by atoms with E-state index in [-0.39, 0.29) is 17.9 Å². The number of H-pyrrole nitrogens is 1. The first-order valence-electron chi connectivity index (χ1n) is 13.6. The summed E-state index contributed by atoms with van der Waals surface area (Å²) in [5, 5.41) is 15.5. The lowest BCUT2D eigenvalue weighted by molar-refractivity contribution is -0.130. The largest absolute Gasteiger partial charge is 0.497 e. The van der Waals surface area contributed by atoms with E-state index in [4.69, 9.17) is 26.1 Å². The zero-order valence-corrected chi connectivity index (χ0v) is 24.8. The summed E-state index contributed by atoms with van der Waals surface area (Å²) in [5.41, 5.74) is 3.75. The van der Waals surface area contributed by atoms with E-state index in [9.17, 15) is 9.59 Å². The maximum absolute atomic E-state index is 13.6. The topological polar surface area (TPSA) is 126 Å². The molecule has 2 aromatic carbocycles. The van der Waals surface area contributed by atoms with Crippen molar-refractivity contribution in [2.45, 2.75) is 39.4 Å². The van der Waals surface area contributed by atoms with Crippen LogP contribution < -0.4 is 20.1 Å². The fourth-order valence-corrected chi connectivity index (χ4v) is 5.44. The monoisotopic (exact) mass is 591 g/mol. The van der Waals surface area contributed by atoms with Crippen molar-refractivity contribution >= 4 is 40.1 Å². The zero-order chi connectivity index (χ0) is 30.0. The molecule has 0 unspecified atom stereocenters. The van der Waals surface area contributed by atoms with Crippen molar-refractivity contribution in [2.75, 3.05) is 32.6 Å². The summed E-state index contributed by atoms with van der Waals surface area (Å²) < 4.78 is 12.8. The van der Waals surface area contributed by atoms with Gasteiger partial charge in [-0.3, -0.25) is 14.7 Å². The molecule has 12 heteroatoms. The number of carbonyl (C=O) groups excluding carboxylic acids is 2. The molecule has 0 aliphatic carbocycles. The van der Waals surface area contributed by atoms with Gasteiger partial charge in [-0.2, -0.15) is 5.10 Å². The van der Waals surface area contributed by atoms with Crippen molar-refractivity contribution in [2.24, 2.45) is 0 Å². The van der Waals surface area contributed by atoms with E-state index < -0.39 is 0 Å². The third-order valence-electron chi connectivity index (χ3n) is 7.42. The van der Waals surface area contributed by atoms with Crippen molar-refractivity contribution in [1.29, 1.82) is 0 Å². The van der Waals surface area contributed by atoms with E-state index in [1.807, 2.05) is 35.8 Å². The van der Waals surface area contributed by atoms with Gasteiger partial charge in [-0.25, -0.2) is 4.98 Å². The minimum Gasteiger partial charge on any atom is -0.497 e. The van der Waals surface area contributed by atoms with Crippen LogP contribution in [0.15, 0.2) is 43.0 Å². The summed E-state index contributed by atoms with van der Waals surface area (Å²) in [6.45, 7) is 8.91. The van der Waals surface area contributed by atoms with E-state index in [2.05, 4.69) is 34.3 Å². The number of amides is 2. The third-order valence-corrected chi connectivity index (χ3v) is 7.77. The van der Waals surface area contributed by atoms with Crippen molar-refractivity contribution < 1.29 is 19.1 Å². The predicted octanol–water partition coefficient (Wildman–Crippen LogP) is 4.09. The molecule has 0 atom stereocenters. The fourth-order valence-electron chi connectivity index (χ4n) is 5.15. The molecule has 0 spiro atoms. The molecule has 1 aliphatic heterocycles. The Hall–Kier alpha value is -4.51. The van der Waals surface area contributed by atoms with Gasteiger partial charge in [0.1, 0.15) is 23.0 Å². The molecule has 220 valence electrons. The van der Waals surface area contributed by atoms with Gasteiger partial charge in [0.15, 0.2) is 5.82 Å². The van der Waals surface area contributed by atoms with Crippen molar-refractivity contribution in [3.8, 4) is 11.5 Å². The van der Waals surface area contributed by atoms with Crippen LogP contribution >= 0.6 is 11.6 Å². The van der Waals surface area contributed by atoms with E-state index in [0.717, 1.165) is 28.5 Å². The van der Waals surface area contributed by atoms with Gasteiger partial charge in [0.2, 0.25) is 5.91 Å². The average molecular weight is 592 g/mol. The van der Waals surface area contributed by atoms with Gasteiger partial charge in [-0.05, 0) is 54.8 Å². The molecule has 1 aliphatic rings. The highest BCUT2D eigenvalue weighted by atomic mass is 35.5. The maximum atomic E-state index is 13.6. The Morgan fingerprint density at radius 1 is 1.17 bits per heavy atom. The number of aryl methyl sites for hydroxylation is 2. The summed E-state index contributed by atoms with van der Waals surface area (Å²) >= 11 is 6.40. The molecule has 0 radical (unpaired) electrons. The summed E-state index contributed by atoms with van der Waals surface area (Å²) in [7, 11) is 3.19. The predicted molar refractivity (Wildman–Crippen MR) is 161 cm³/mol. The Morgan fingerprint density at radius 3 is 2.52 bits per heavy atom. The highest BCUT2D eigenvalue weighted by Gasteiger charge is 2.32. The summed E-state index contributed by atoms with van der Waals surface area (Å²) in [5.74, 6) is 2.19. The standard InChI is InChI=1S/C30H34ClN7O4/c1-6-19-10-23-25(12-24(19)31)35-36-29(23)32-13-26-33-17(3)28(30(40)34-20-15-37(16-20)27(39)7-2)38(26)14-18-8-21(41-4)11-22(9-18)42-5/h7-12,20H,2,6,13-16H2,1,3-5H3,(H,34,40)(H2,32,35,36). The van der Waals surface area contributed by atoms with E-state index in [1.54, 1.807) is 25.2 Å². The van der Waals surface area contributed by atoms with Gasteiger partial charge >= 0.3 is 0 Å². The molecule has 2 amide bonds. The van der Waals surface area contributed by atoms with Gasteiger partial charge < -0.3 is 29.6 Å². The van der Waals surface area contributed by atoms with Crippen LogP contribution in [0.3, 0.4) is 0 Å². The highest BCUT2D eigenvalue weighted by molar-refractivity contribution is 6.32. The molecule has 11 nitrogen and oxygen atoms in total. The molecule has 2 aromatic heterocycles. The number of aromatic nitrogens is 4. The van der Waals surface area contributed by atoms with Crippen molar-refractivity contribution in [3.63, 3.8) is 0 Å². The third kappa shape index (κ3) is 5.78. The SMILES string of the molecule is C=CC(=O)N1CC(NC(=O)c2c(C)nc(CNc3n[nH]c4cc(Cl)c(CC)cc34)n2Cc2cc(OC)cc(OC)c2)C1. The lowest BCUT2D eigenvalue weighted by Gasteiger charge is -2.38. The minimum absolute atomic E-state index is 0.152. The number of fused-ring (bicyclic) bond motifs is 1. The second kappa shape index (κ2) is 12.2. The molecule has 4 aromatic rings. The van der Waals surface area contributed by atoms with Gasteiger partial charge in [0.05, 0.1) is 38.0 Å². The molecule has 0 bridgehead atoms. The van der Waals surface area contributed by atoms with Crippen molar-refractivity contribution in [3.05, 3.63) is 76.3 Å². The summed E-state index contributed by atoms with van der Waals surface area (Å²) in [6, 6.07) is 9.35. The number of anilines is 1. The molecular formula is C30H34ClN7O4. The Labute approximate surface area is 248 Å². The first-order valence-corrected chi connectivity index (χ1v) is 14.0. The number of methoxy groups -OCH3 is 2. The Balaban J connectivity index is 1.45. The summed E-state index contributed by atoms with van der Waals surface area (Å²) in [6.07, 6.45) is 2.07. The number of nitrogens with one attached hydrogen (secondary N) is 3. The number of imidazole rings is 1. The van der Waals surface area contributed by atoms with Crippen LogP contribution in [-0.4, -0.2) is 69.8 Å². The van der Waals surface area contributed by atoms with Crippen LogP contribution in [0.2, 0.25) is 5.02 Å². The number of nitrogens with zero attached hydrogens (tertiary/aromatic N) is 4. The highest BCUT2D eigenvalue weighted by Crippen LogP contribution is 2.29. The summed E-state index contributed by atoms with van der Waals surface area (Å²) in [4.78, 5) is 31.9. The minimum atomic E-state index is -0.260. The van der Waals surface area contributed by atoms with Gasteiger partial charge in [-0.1, -0.05) is 25.1 Å². The number of halogens is 1. The van der Waals surface area contributed by atoms with Gasteiger partial charge in [0.25, 0.3) is 5.91 Å². The first-order chi connectivity index (χ1) is 20.2. The smallest absolute Gasteiger partial charge is 0.270 e. The second-order valence-corrected chi connectivity index (χ2v) is 10.6. The maximum Gasteiger partial charge on any atom is 0.270 e. The normalized spacial score (nSPS) is 13.1. The second-order valence-electron chi connectivity index (χ2n) is 10.2. The van der Waals surface area contributed by atoms with Gasteiger partial charge in [-0.15, -0.1) is 0 Å². The fraction of sp³-hybridized carbons (Fsp3) is 0.333. The molecular weight excluding hydrogens is 558 g/mol. The number of benzene rings is 2. The van der Waals surface area contributed by atoms with Crippen LogP contribution in [-0.2, 0) is 24.3 Å². The number of hydrogen-bond donors (Lipinski definition) is 3. The van der Waals surface area contributed by atoms with E-state index >= 15 is 0 Å². The molecule has 42 heavy (non-hydrogen) atoms. The number of carbonyl (C=O) groups is 2. The molecule has 0 saturated carbocycles. The molecule has 1 fully saturated rings. The van der Waals surface area contributed by atoms with Crippen molar-refractivity contribution in [1.82, 2.24) is 30.0 Å². The van der Waals surface area contributed by atoms with Crippen LogP contribution in [0.1, 0.15) is 40.1 Å². The number of ether oxygens (including phenoxy) is 2. The molecule has 1 saturated heterocycles. The Morgan fingerprint density at radius 2 is 1.88 bits per heavy atom. The van der Waals surface area contributed by atoms with Crippen LogP contribution in [0.5, 0.6) is 11.5 Å². The first kappa shape index (κ1) is 29.0. The van der Waals surface area contributed by atoms with Crippen LogP contribution in [0, 0.1) is 6.92 Å². The van der Waals surface area contributed by atoms with E-state index in [1.165, 1.54) is 6.08 Å². The lowest BCUT2D eigenvalue weighted by atomic mass is 10.1. The lowest BCUT2D eigenvalue weighted by Crippen LogP contribution is -2.60.